The number of aliphatic hydroxyl groups excluding tert-OH is 1. The van der Waals surface area contributed by atoms with Crippen molar-refractivity contribution in [1.82, 2.24) is 4.90 Å². The van der Waals surface area contributed by atoms with Gasteiger partial charge in [0.25, 0.3) is 0 Å². The molecule has 0 saturated carbocycles. The minimum atomic E-state index is -0.593. The summed E-state index contributed by atoms with van der Waals surface area (Å²) in [5.74, 6) is -0.699. The summed E-state index contributed by atoms with van der Waals surface area (Å²) in [6.45, 7) is 3.71. The minimum absolute atomic E-state index is 0.0318. The first-order valence-electron chi connectivity index (χ1n) is 8.85. The van der Waals surface area contributed by atoms with E-state index in [1.54, 1.807) is 13.8 Å². The first kappa shape index (κ1) is 17.9. The fourth-order valence-corrected chi connectivity index (χ4v) is 3.62. The molecule has 2 aliphatic heterocycles. The highest BCUT2D eigenvalue weighted by Gasteiger charge is 2.43. The molecule has 0 radical (unpaired) electrons. The second-order valence-electron chi connectivity index (χ2n) is 6.96. The maximum absolute atomic E-state index is 13.0. The Morgan fingerprint density at radius 1 is 1.28 bits per heavy atom. The molecule has 0 bridgehead atoms. The largest absolute Gasteiger partial charge is 0.446 e. The maximum Gasteiger partial charge on any atom is 0.417 e. The topological polar surface area (TPSA) is 76.1 Å². The average Bonchev–Trinajstić information content (AvgIpc) is 3.20. The van der Waals surface area contributed by atoms with Gasteiger partial charge in [-0.05, 0) is 31.7 Å². The molecule has 0 aromatic heterocycles. The van der Waals surface area contributed by atoms with E-state index >= 15 is 0 Å². The summed E-state index contributed by atoms with van der Waals surface area (Å²) in [5, 5.41) is 9.50. The predicted octanol–water partition coefficient (Wildman–Crippen LogP) is 2.66. The third kappa shape index (κ3) is 3.85. The molecule has 0 aliphatic carbocycles. The van der Waals surface area contributed by atoms with Crippen LogP contribution in [0.15, 0.2) is 30.3 Å². The van der Waals surface area contributed by atoms with Gasteiger partial charge in [-0.15, -0.1) is 0 Å². The van der Waals surface area contributed by atoms with Gasteiger partial charge in [0.15, 0.2) is 0 Å². The lowest BCUT2D eigenvalue weighted by molar-refractivity contribution is -0.138. The van der Waals surface area contributed by atoms with E-state index in [1.807, 2.05) is 30.3 Å². The fourth-order valence-electron chi connectivity index (χ4n) is 3.62. The van der Waals surface area contributed by atoms with Crippen molar-refractivity contribution in [2.45, 2.75) is 57.5 Å². The summed E-state index contributed by atoms with van der Waals surface area (Å²) in [7, 11) is 0. The van der Waals surface area contributed by atoms with Crippen molar-refractivity contribution in [2.24, 2.45) is 5.92 Å². The van der Waals surface area contributed by atoms with Crippen LogP contribution in [0.25, 0.3) is 0 Å². The van der Waals surface area contributed by atoms with E-state index in [4.69, 9.17) is 9.47 Å². The Morgan fingerprint density at radius 2 is 2.00 bits per heavy atom. The Kier molecular flexibility index (Phi) is 5.39. The van der Waals surface area contributed by atoms with E-state index in [0.717, 1.165) is 18.4 Å². The third-order valence-corrected chi connectivity index (χ3v) is 4.99. The molecule has 3 rings (SSSR count). The van der Waals surface area contributed by atoms with Crippen LogP contribution in [0.1, 0.15) is 44.7 Å². The van der Waals surface area contributed by atoms with E-state index in [1.165, 1.54) is 4.90 Å². The van der Waals surface area contributed by atoms with Gasteiger partial charge in [-0.25, -0.2) is 9.69 Å². The van der Waals surface area contributed by atoms with Crippen LogP contribution in [0.5, 0.6) is 0 Å². The van der Waals surface area contributed by atoms with Crippen molar-refractivity contribution in [3.63, 3.8) is 0 Å². The van der Waals surface area contributed by atoms with Gasteiger partial charge in [0, 0.05) is 0 Å². The van der Waals surface area contributed by atoms with Gasteiger partial charge >= 0.3 is 6.09 Å². The van der Waals surface area contributed by atoms with Crippen LogP contribution >= 0.6 is 0 Å². The van der Waals surface area contributed by atoms with Crippen molar-refractivity contribution in [2.75, 3.05) is 6.61 Å². The van der Waals surface area contributed by atoms with Crippen molar-refractivity contribution in [3.8, 4) is 0 Å². The summed E-state index contributed by atoms with van der Waals surface area (Å²) in [6, 6.07) is 9.05. The molecule has 25 heavy (non-hydrogen) atoms. The van der Waals surface area contributed by atoms with Gasteiger partial charge in [0.05, 0.1) is 24.2 Å². The molecule has 1 aromatic carbocycles. The van der Waals surface area contributed by atoms with Crippen LogP contribution in [-0.4, -0.2) is 46.9 Å². The molecular formula is C19H25NO5. The standard InChI is InChI=1S/C19H25NO5/c1-12(21)10-15-8-9-17(25-15)13(2)18(22)20-16(11-24-19(20)23)14-6-4-3-5-7-14/h3-7,12-13,15-17,21H,8-11H2,1-2H3/t12-,13+,15-,16-,17+/m1/s1. The highest BCUT2D eigenvalue weighted by atomic mass is 16.6. The second-order valence-corrected chi connectivity index (χ2v) is 6.96. The molecule has 6 nitrogen and oxygen atoms in total. The van der Waals surface area contributed by atoms with Gasteiger partial charge < -0.3 is 14.6 Å². The van der Waals surface area contributed by atoms with Crippen LogP contribution in [0.3, 0.4) is 0 Å². The van der Waals surface area contributed by atoms with Crippen LogP contribution in [0.2, 0.25) is 0 Å². The molecule has 1 aromatic rings. The molecule has 136 valence electrons. The number of hydrogen-bond acceptors (Lipinski definition) is 5. The molecule has 1 N–H and O–H groups in total. The molecule has 6 heteroatoms. The van der Waals surface area contributed by atoms with Crippen LogP contribution in [-0.2, 0) is 14.3 Å². The molecular weight excluding hydrogens is 322 g/mol. The van der Waals surface area contributed by atoms with E-state index in [0.29, 0.717) is 6.42 Å². The fraction of sp³-hybridized carbons (Fsp3) is 0.579. The zero-order valence-electron chi connectivity index (χ0n) is 14.6. The summed E-state index contributed by atoms with van der Waals surface area (Å²) in [6.07, 6.45) is 0.852. The molecule has 0 spiro atoms. The van der Waals surface area contributed by atoms with Gasteiger partial charge in [0.2, 0.25) is 5.91 Å². The molecule has 2 amide bonds. The van der Waals surface area contributed by atoms with Gasteiger partial charge in [-0.2, -0.15) is 0 Å². The van der Waals surface area contributed by atoms with E-state index < -0.39 is 24.2 Å². The highest BCUT2D eigenvalue weighted by molar-refractivity contribution is 5.95. The molecule has 2 aliphatic rings. The van der Waals surface area contributed by atoms with Crippen LogP contribution < -0.4 is 0 Å². The smallest absolute Gasteiger partial charge is 0.417 e. The zero-order chi connectivity index (χ0) is 18.0. The molecule has 0 unspecified atom stereocenters. The maximum atomic E-state index is 13.0. The lowest BCUT2D eigenvalue weighted by Crippen LogP contribution is -2.41. The lowest BCUT2D eigenvalue weighted by atomic mass is 9.98. The quantitative estimate of drug-likeness (QED) is 0.886. The lowest BCUT2D eigenvalue weighted by Gasteiger charge is -2.26. The predicted molar refractivity (Wildman–Crippen MR) is 90.7 cm³/mol. The van der Waals surface area contributed by atoms with E-state index in [-0.39, 0.29) is 24.7 Å². The third-order valence-electron chi connectivity index (χ3n) is 4.99. The minimum Gasteiger partial charge on any atom is -0.446 e. The highest BCUT2D eigenvalue weighted by Crippen LogP contribution is 2.33. The summed E-state index contributed by atoms with van der Waals surface area (Å²) in [4.78, 5) is 26.3. The number of carbonyl (C=O) groups is 2. The Morgan fingerprint density at radius 3 is 2.68 bits per heavy atom. The Bertz CT molecular complexity index is 618. The number of hydrogen-bond donors (Lipinski definition) is 1. The van der Waals surface area contributed by atoms with Crippen molar-refractivity contribution < 1.29 is 24.2 Å². The van der Waals surface area contributed by atoms with Gasteiger partial charge in [-0.3, -0.25) is 4.79 Å². The van der Waals surface area contributed by atoms with Crippen LogP contribution in [0.4, 0.5) is 4.79 Å². The second kappa shape index (κ2) is 7.54. The van der Waals surface area contributed by atoms with E-state index in [9.17, 15) is 14.7 Å². The number of cyclic esters (lactones) is 1. The number of rotatable bonds is 5. The first-order valence-corrected chi connectivity index (χ1v) is 8.85. The number of benzene rings is 1. The van der Waals surface area contributed by atoms with Crippen molar-refractivity contribution >= 4 is 12.0 Å². The number of carbonyl (C=O) groups excluding carboxylic acids is 2. The number of imide groups is 1. The molecule has 5 atom stereocenters. The summed E-state index contributed by atoms with van der Waals surface area (Å²) in [5.41, 5.74) is 0.883. The number of ether oxygens (including phenoxy) is 2. The Labute approximate surface area is 147 Å². The van der Waals surface area contributed by atoms with Gasteiger partial charge in [-0.1, -0.05) is 37.3 Å². The summed E-state index contributed by atoms with van der Waals surface area (Å²) >= 11 is 0. The zero-order valence-corrected chi connectivity index (χ0v) is 14.6. The molecule has 2 fully saturated rings. The Balaban J connectivity index is 1.69. The monoisotopic (exact) mass is 347 g/mol. The van der Waals surface area contributed by atoms with E-state index in [2.05, 4.69) is 0 Å². The van der Waals surface area contributed by atoms with Gasteiger partial charge in [0.1, 0.15) is 12.6 Å². The summed E-state index contributed by atoms with van der Waals surface area (Å²) < 4.78 is 11.1. The normalized spacial score (nSPS) is 28.7. The van der Waals surface area contributed by atoms with Crippen molar-refractivity contribution in [3.05, 3.63) is 35.9 Å². The van der Waals surface area contributed by atoms with Crippen molar-refractivity contribution in [1.29, 1.82) is 0 Å². The first-order chi connectivity index (χ1) is 12.0. The number of nitrogens with zero attached hydrogens (tertiary/aromatic N) is 1. The molecule has 2 heterocycles. The number of amides is 2. The Hall–Kier alpha value is -1.92. The molecule has 2 saturated heterocycles. The SMILES string of the molecule is C[C@H](C(=O)N1C(=O)OC[C@@H]1c1ccccc1)[C@@H]1CC[C@H](C[C@@H](C)O)O1. The van der Waals surface area contributed by atoms with Crippen LogP contribution in [0, 0.1) is 5.92 Å². The number of aliphatic hydroxyl groups is 1. The average molecular weight is 347 g/mol.